The number of nitrogens with two attached hydrogens (primary N) is 8. The minimum atomic E-state index is -2.05. The molecule has 0 spiro atoms. The molecule has 40 atom stereocenters. The van der Waals surface area contributed by atoms with E-state index in [1.807, 2.05) is 0 Å². The molecule has 32 N–H and O–H groups in total. The Hall–Kier alpha value is -1.60. The van der Waals surface area contributed by atoms with Crippen LogP contribution in [0.15, 0.2) is 0 Å². The van der Waals surface area contributed by atoms with Crippen molar-refractivity contribution in [3.05, 3.63) is 0 Å². The number of rotatable bonds is 16. The van der Waals surface area contributed by atoms with E-state index in [1.165, 1.54) is 0 Å². The molecule has 40 heteroatoms. The van der Waals surface area contributed by atoms with Crippen LogP contribution in [-0.2, 0) is 75.8 Å². The van der Waals surface area contributed by atoms with Crippen LogP contribution in [0.3, 0.4) is 0 Å². The molecule has 0 saturated carbocycles. The number of aliphatic hydroxyl groups excluding tert-OH is 16. The number of hydrogen-bond donors (Lipinski definition) is 24. The molecule has 30 fully saturated rings. The van der Waals surface area contributed by atoms with Crippen molar-refractivity contribution in [1.82, 2.24) is 0 Å². The fourth-order valence-electron chi connectivity index (χ4n) is 13.9. The highest BCUT2D eigenvalue weighted by molar-refractivity contribution is 5.03. The van der Waals surface area contributed by atoms with Gasteiger partial charge in [-0.1, -0.05) is 0 Å². The van der Waals surface area contributed by atoms with Crippen molar-refractivity contribution in [2.75, 3.05) is 52.4 Å². The Morgan fingerprint density at radius 1 is 0.146 bits per heavy atom. The largest absolute Gasteiger partial charge is 0.387 e. The lowest BCUT2D eigenvalue weighted by molar-refractivity contribution is -0.401. The van der Waals surface area contributed by atoms with Crippen LogP contribution in [0.4, 0.5) is 0 Å². The number of aliphatic hydroxyl groups is 16. The lowest BCUT2D eigenvalue weighted by atomic mass is 9.92. The van der Waals surface area contributed by atoms with Gasteiger partial charge in [0.2, 0.25) is 0 Å². The van der Waals surface area contributed by atoms with Crippen molar-refractivity contribution in [2.45, 2.75) is 297 Å². The van der Waals surface area contributed by atoms with Gasteiger partial charge in [0.15, 0.2) is 50.3 Å². The van der Waals surface area contributed by atoms with Crippen molar-refractivity contribution in [1.29, 1.82) is 0 Å². The van der Waals surface area contributed by atoms with E-state index in [-0.39, 0.29) is 104 Å². The summed E-state index contributed by atoms with van der Waals surface area (Å²) in [6.45, 7) is -1.13. The van der Waals surface area contributed by atoms with E-state index < -0.39 is 246 Å². The second-order valence-corrected chi connectivity index (χ2v) is 25.6. The van der Waals surface area contributed by atoms with Crippen molar-refractivity contribution >= 4 is 0 Å². The average Bonchev–Trinajstić information content (AvgIpc) is 0.782. The molecule has 30 saturated heterocycles. The standard InChI is InChI=1S/C56H104N8O32/c57-9-1-17-41-25(65)33(73)49(81-17)90-42-18(2-10-58)83-51(35(75)27(42)67)92-44-20(4-12-60)85-53(37(77)29(44)69)94-46-22(6-14-62)87-55(39(79)31(46)71)96-48-24(8-16-64)88-56(40(80)32(48)72)95-47-23(7-15-63)86-54(38(78)30(47)70)93-45-21(5-13-61)84-52(36(76)28(45)68)91-43-19(3-11-59)82-50(89-41)34(74)26(43)66/h17-56,65-80H,1-16,57-64H2/t17-,18-,19-,20-,21-,22-,23-,24-,25-,26-,27-,28-,29-,30-,31-,32-,33-,34-,35-,36-,37-,38-,39-,40+,41-,42-,43-,44-,45-,46-,47-,48-,49-,50-,51-,52-,53-,54-,55-,56-/m1/s1. The molecule has 30 aliphatic rings. The van der Waals surface area contributed by atoms with Gasteiger partial charge in [-0.2, -0.15) is 0 Å². The Morgan fingerprint density at radius 3 is 0.323 bits per heavy atom. The second-order valence-electron chi connectivity index (χ2n) is 25.6. The zero-order valence-electron chi connectivity index (χ0n) is 52.7. The molecule has 560 valence electrons. The van der Waals surface area contributed by atoms with Gasteiger partial charge < -0.3 is 203 Å². The first kappa shape index (κ1) is 78.5. The zero-order chi connectivity index (χ0) is 69.7. The van der Waals surface area contributed by atoms with Crippen molar-refractivity contribution in [3.8, 4) is 0 Å². The monoisotopic (exact) mass is 1400 g/mol. The smallest absolute Gasteiger partial charge is 0.187 e. The van der Waals surface area contributed by atoms with Crippen LogP contribution in [0.5, 0.6) is 0 Å². The molecule has 30 aliphatic heterocycles. The quantitative estimate of drug-likeness (QED) is 0.0682. The maximum absolute atomic E-state index is 11.8. The number of ether oxygens (including phenoxy) is 16. The van der Waals surface area contributed by atoms with Crippen LogP contribution in [0.25, 0.3) is 0 Å². The Kier molecular flexibility index (Phi) is 28.8. The molecule has 0 aliphatic carbocycles. The van der Waals surface area contributed by atoms with E-state index in [0.29, 0.717) is 0 Å². The highest BCUT2D eigenvalue weighted by Gasteiger charge is 2.60. The minimum absolute atomic E-state index is 0.132. The average molecular weight is 1400 g/mol. The van der Waals surface area contributed by atoms with Gasteiger partial charge in [0.1, 0.15) is 146 Å². The maximum atomic E-state index is 11.8. The highest BCUT2D eigenvalue weighted by Crippen LogP contribution is 2.41. The third-order valence-corrected chi connectivity index (χ3v) is 19.1. The predicted octanol–water partition coefficient (Wildman–Crippen LogP) is -14.6. The first-order chi connectivity index (χ1) is 45.9. The second kappa shape index (κ2) is 35.3. The highest BCUT2D eigenvalue weighted by atomic mass is 16.8. The van der Waals surface area contributed by atoms with Gasteiger partial charge >= 0.3 is 0 Å². The summed E-state index contributed by atoms with van der Waals surface area (Å²) < 4.78 is 98.2. The predicted molar refractivity (Wildman–Crippen MR) is 314 cm³/mol. The molecule has 16 bridgehead atoms. The van der Waals surface area contributed by atoms with Gasteiger partial charge in [0.25, 0.3) is 0 Å². The third kappa shape index (κ3) is 16.8. The summed E-state index contributed by atoms with van der Waals surface area (Å²) >= 11 is 0. The molecule has 0 aromatic carbocycles. The van der Waals surface area contributed by atoms with E-state index in [2.05, 4.69) is 0 Å². The minimum Gasteiger partial charge on any atom is -0.387 e. The summed E-state index contributed by atoms with van der Waals surface area (Å²) in [6.07, 6.45) is -71.7. The van der Waals surface area contributed by atoms with Crippen LogP contribution in [0.1, 0.15) is 51.4 Å². The lowest BCUT2D eigenvalue weighted by Gasteiger charge is -2.51. The molecule has 30 rings (SSSR count). The van der Waals surface area contributed by atoms with Gasteiger partial charge in [-0.05, 0) is 104 Å². The first-order valence-corrected chi connectivity index (χ1v) is 32.9. The van der Waals surface area contributed by atoms with Crippen LogP contribution in [-0.4, -0.2) is 380 Å². The van der Waals surface area contributed by atoms with E-state index in [9.17, 15) is 81.7 Å². The van der Waals surface area contributed by atoms with E-state index in [0.717, 1.165) is 0 Å². The molecule has 40 nitrogen and oxygen atoms in total. The van der Waals surface area contributed by atoms with Gasteiger partial charge in [-0.15, -0.1) is 0 Å². The van der Waals surface area contributed by atoms with E-state index >= 15 is 0 Å². The third-order valence-electron chi connectivity index (χ3n) is 19.1. The van der Waals surface area contributed by atoms with Crippen LogP contribution in [0.2, 0.25) is 0 Å². The van der Waals surface area contributed by atoms with Crippen LogP contribution < -0.4 is 45.9 Å². The van der Waals surface area contributed by atoms with Crippen molar-refractivity contribution < 1.29 is 157 Å². The van der Waals surface area contributed by atoms with Crippen LogP contribution >= 0.6 is 0 Å². The molecule has 0 aromatic rings. The van der Waals surface area contributed by atoms with E-state index in [4.69, 9.17) is 122 Å². The summed E-state index contributed by atoms with van der Waals surface area (Å²) in [5.41, 5.74) is 47.9. The first-order valence-electron chi connectivity index (χ1n) is 32.9. The topological polar surface area (TPSA) is 680 Å². The number of hydrogen-bond acceptors (Lipinski definition) is 40. The van der Waals surface area contributed by atoms with Crippen molar-refractivity contribution in [3.63, 3.8) is 0 Å². The summed E-state index contributed by atoms with van der Waals surface area (Å²) in [6, 6.07) is 0. The Bertz CT molecular complexity index is 1870. The normalized spacial score (nSPS) is 51.8. The molecular weight excluding hydrogens is 1300 g/mol. The Morgan fingerprint density at radius 2 is 0.240 bits per heavy atom. The summed E-state index contributed by atoms with van der Waals surface area (Å²) in [7, 11) is 0. The fourth-order valence-corrected chi connectivity index (χ4v) is 13.9. The fraction of sp³-hybridized carbons (Fsp3) is 1.00. The Labute approximate surface area is 551 Å². The molecular formula is C56H104N8O32. The van der Waals surface area contributed by atoms with Crippen LogP contribution in [0, 0.1) is 0 Å². The summed E-state index contributed by atoms with van der Waals surface area (Å²) in [5, 5.41) is 188. The molecule has 0 amide bonds. The molecule has 30 heterocycles. The lowest BCUT2D eigenvalue weighted by Crippen LogP contribution is -2.68. The van der Waals surface area contributed by atoms with E-state index in [1.54, 1.807) is 0 Å². The SMILES string of the molecule is NCC[C@H]1O[C@@H]2O[C@H]3[C@H](O)[C@@H](O)[C@@H](O[C@H]4[C@H](O)[C@@H](O)[C@@H](O[C@H]5[C@H](O)[C@@H](O)[C@@H](O[C@H]6[C@H](O)[C@@H](O)[C@@H](O[C@H]7[C@H](O)[C@@H](O)[C@@H](O[C@H]8[C@H](O)[C@@H](O)[C@@H](O[C@H]9[C@H](O)[C@@H](O)[C@@H](O[C@H]1[C@H](O)[C@@H]2O)O[C@@H]9CCN)O[C@@H]8CCN)O[C@@H]7CCN)O[C@@H]6CCN)O[C@@H]5CCN)O[C@@H]4CCN)O[C@@H]3CCN. The maximum Gasteiger partial charge on any atom is 0.187 e. The molecule has 0 radical (unpaired) electrons. The summed E-state index contributed by atoms with van der Waals surface area (Å²) in [4.78, 5) is 0. The van der Waals surface area contributed by atoms with Gasteiger partial charge in [-0.25, -0.2) is 0 Å². The van der Waals surface area contributed by atoms with Crippen molar-refractivity contribution in [2.24, 2.45) is 45.9 Å². The zero-order valence-corrected chi connectivity index (χ0v) is 52.7. The van der Waals surface area contributed by atoms with Gasteiger partial charge in [0, 0.05) is 0 Å². The molecule has 0 unspecified atom stereocenters. The van der Waals surface area contributed by atoms with Gasteiger partial charge in [-0.3, -0.25) is 0 Å². The summed E-state index contributed by atoms with van der Waals surface area (Å²) in [5.74, 6) is 0. The Balaban J connectivity index is 1.02. The molecule has 0 aromatic heterocycles. The van der Waals surface area contributed by atoms with Gasteiger partial charge in [0.05, 0.1) is 48.8 Å². The molecule has 96 heavy (non-hydrogen) atoms.